The minimum atomic E-state index is -1.82. The van der Waals surface area contributed by atoms with E-state index in [0.717, 1.165) is 74.1 Å². The van der Waals surface area contributed by atoms with Crippen LogP contribution in [-0.2, 0) is 29.8 Å². The second kappa shape index (κ2) is 30.8. The Balaban J connectivity index is 0.869. The average molecular weight is 1270 g/mol. The molecule has 11 rings (SSSR count). The third kappa shape index (κ3) is 15.2. The van der Waals surface area contributed by atoms with E-state index in [4.69, 9.17) is 4.74 Å². The van der Waals surface area contributed by atoms with Gasteiger partial charge in [0.25, 0.3) is 41.4 Å². The molecule has 0 radical (unpaired) electrons. The van der Waals surface area contributed by atoms with E-state index in [1.807, 2.05) is 78.9 Å². The fraction of sp³-hybridized carbons (Fsp3) is 0.266. The first-order valence-electron chi connectivity index (χ1n) is 32.8. The lowest BCUT2D eigenvalue weighted by Gasteiger charge is -2.23. The number of benzene rings is 7. The second-order valence-electron chi connectivity index (χ2n) is 24.2. The van der Waals surface area contributed by atoms with Gasteiger partial charge in [0.15, 0.2) is 5.60 Å². The number of nitrogens with zero attached hydrogens (tertiary/aromatic N) is 4. The molecule has 0 bridgehead atoms. The van der Waals surface area contributed by atoms with Crippen LogP contribution in [0.5, 0.6) is 5.75 Å². The number of imide groups is 3. The number of carbonyl (C=O) groups excluding carboxylic acids is 7. The topological polar surface area (TPSA) is 213 Å². The van der Waals surface area contributed by atoms with Gasteiger partial charge in [-0.1, -0.05) is 178 Å². The number of nitrogens with one attached hydrogen (secondary N) is 1. The van der Waals surface area contributed by atoms with E-state index in [-0.39, 0.29) is 47.7 Å². The number of fused-ring (bicyclic) bond motifs is 3. The molecule has 16 heteroatoms. The average Bonchev–Trinajstić information content (AvgIpc) is 1.72. The summed E-state index contributed by atoms with van der Waals surface area (Å²) in [5, 5.41) is 25.8. The summed E-state index contributed by atoms with van der Waals surface area (Å²) in [5.41, 5.74) is 5.59. The van der Waals surface area contributed by atoms with Crippen molar-refractivity contribution in [2.75, 3.05) is 31.6 Å². The molecule has 16 nitrogen and oxygen atoms in total. The maximum absolute atomic E-state index is 15.3. The largest absolute Gasteiger partial charge is 0.493 e. The van der Waals surface area contributed by atoms with Crippen LogP contribution in [0.1, 0.15) is 195 Å². The minimum absolute atomic E-state index is 0.152. The summed E-state index contributed by atoms with van der Waals surface area (Å²) in [7, 11) is 0. The molecular weight excluding hydrogens is 1190 g/mol. The smallest absolute Gasteiger partial charge is 0.328 e. The number of carboxylic acid groups (broad SMARTS) is 1. The van der Waals surface area contributed by atoms with Crippen LogP contribution in [0.2, 0.25) is 0 Å². The van der Waals surface area contributed by atoms with Crippen LogP contribution < -0.4 is 10.1 Å². The first-order chi connectivity index (χ1) is 46.3. The van der Waals surface area contributed by atoms with Crippen molar-refractivity contribution in [2.24, 2.45) is 0 Å². The molecule has 4 heterocycles. The van der Waals surface area contributed by atoms with Crippen molar-refractivity contribution in [3.8, 4) is 17.6 Å². The Kier molecular flexibility index (Phi) is 21.3. The van der Waals surface area contributed by atoms with Crippen molar-refractivity contribution in [1.29, 1.82) is 0 Å². The Hall–Kier alpha value is -10.8. The van der Waals surface area contributed by atoms with Gasteiger partial charge in [-0.15, -0.1) is 0 Å². The van der Waals surface area contributed by atoms with Gasteiger partial charge in [0.2, 0.25) is 0 Å². The van der Waals surface area contributed by atoms with Crippen LogP contribution in [0.15, 0.2) is 188 Å². The molecule has 3 N–H and O–H groups in total. The van der Waals surface area contributed by atoms with E-state index in [9.17, 15) is 43.8 Å². The van der Waals surface area contributed by atoms with Gasteiger partial charge in [0.05, 0.1) is 40.0 Å². The zero-order valence-electron chi connectivity index (χ0n) is 53.0. The Morgan fingerprint density at radius 3 is 1.27 bits per heavy atom. The Morgan fingerprint density at radius 1 is 0.474 bits per heavy atom. The van der Waals surface area contributed by atoms with Crippen LogP contribution in [0.25, 0.3) is 6.08 Å². The summed E-state index contributed by atoms with van der Waals surface area (Å²) in [6, 6.07) is 53.7. The lowest BCUT2D eigenvalue weighted by Crippen LogP contribution is -2.30. The lowest BCUT2D eigenvalue weighted by atomic mass is 9.87. The van der Waals surface area contributed by atoms with Crippen LogP contribution >= 0.6 is 0 Å². The van der Waals surface area contributed by atoms with Gasteiger partial charge in [-0.05, 0) is 135 Å². The fourth-order valence-corrected chi connectivity index (χ4v) is 12.8. The first kappa shape index (κ1) is 65.7. The highest BCUT2D eigenvalue weighted by Gasteiger charge is 2.37. The van der Waals surface area contributed by atoms with Gasteiger partial charge in [-0.3, -0.25) is 48.3 Å². The maximum Gasteiger partial charge on any atom is 0.328 e. The summed E-state index contributed by atoms with van der Waals surface area (Å²) >= 11 is 0. The van der Waals surface area contributed by atoms with Crippen LogP contribution in [0.3, 0.4) is 0 Å². The molecule has 95 heavy (non-hydrogen) atoms. The summed E-state index contributed by atoms with van der Waals surface area (Å²) in [6.45, 7) is 1.47. The normalized spacial score (nSPS) is 13.4. The van der Waals surface area contributed by atoms with Crippen LogP contribution in [0, 0.1) is 11.8 Å². The number of carboxylic acids is 1. The van der Waals surface area contributed by atoms with E-state index in [2.05, 4.69) is 17.2 Å². The molecule has 0 fully saturated rings. The number of carbonyl (C=O) groups is 8. The quantitative estimate of drug-likeness (QED) is 0.0161. The van der Waals surface area contributed by atoms with E-state index in [0.29, 0.717) is 138 Å². The molecule has 7 amide bonds. The highest BCUT2D eigenvalue weighted by atomic mass is 16.5. The van der Waals surface area contributed by atoms with Crippen LogP contribution in [-0.4, -0.2) is 103 Å². The number of aromatic nitrogens is 1. The van der Waals surface area contributed by atoms with Crippen molar-refractivity contribution in [2.45, 2.75) is 108 Å². The molecule has 1 aromatic heterocycles. The molecular formula is C79H75N5O11. The number of hydrogen-bond acceptors (Lipinski definition) is 10. The van der Waals surface area contributed by atoms with E-state index in [1.165, 1.54) is 20.8 Å². The number of ether oxygens (including phenoxy) is 1. The molecule has 482 valence electrons. The van der Waals surface area contributed by atoms with Gasteiger partial charge in [0.1, 0.15) is 17.1 Å². The molecule has 0 unspecified atom stereocenters. The molecule has 0 atom stereocenters. The number of anilines is 1. The lowest BCUT2D eigenvalue weighted by molar-refractivity contribution is -0.131. The number of aliphatic carboxylic acids is 1. The molecule has 0 spiro atoms. The Morgan fingerprint density at radius 2 is 0.853 bits per heavy atom. The standard InChI is InChI=1S/C79H75N5O11/c85-70(86)44-43-56-53-69(84(54-55-29-11-8-12-30-55)68(56)45-46-79(94,59-33-15-9-16-34-59)60-35-17-10-18-36-60)72(87)80-61-51-57(31-13-2-5-26-48-82-75(90)64-39-21-22-40-65(64)76(82)91)71(95-50-28-7-1-4-25-47-81-73(88)62-37-19-20-38-63(62)74(81)89)58(52-61)32-14-3-6-27-49-83-77(92)66-41-23-24-42-67(66)78(83)93/h8-12,15-24,29-30,33-44,51-53,94H,1-7,13-14,25-28,31-32,47-50,54H2,(H,80,87)(H,85,86). The summed E-state index contributed by atoms with van der Waals surface area (Å²) < 4.78 is 8.60. The molecule has 0 aliphatic carbocycles. The number of aryl methyl sites for hydroxylation is 2. The highest BCUT2D eigenvalue weighted by molar-refractivity contribution is 6.22. The summed E-state index contributed by atoms with van der Waals surface area (Å²) in [6.07, 6.45) is 13.0. The van der Waals surface area contributed by atoms with Crippen molar-refractivity contribution in [3.63, 3.8) is 0 Å². The highest BCUT2D eigenvalue weighted by Crippen LogP contribution is 2.35. The van der Waals surface area contributed by atoms with E-state index in [1.54, 1.807) is 108 Å². The predicted molar refractivity (Wildman–Crippen MR) is 362 cm³/mol. The molecule has 7 aromatic carbocycles. The number of rotatable bonds is 31. The molecule has 3 aliphatic rings. The zero-order chi connectivity index (χ0) is 66.3. The van der Waals surface area contributed by atoms with Crippen LogP contribution in [0.4, 0.5) is 5.69 Å². The number of unbranched alkanes of at least 4 members (excludes halogenated alkanes) is 10. The van der Waals surface area contributed by atoms with Gasteiger partial charge >= 0.3 is 5.97 Å². The first-order valence-corrected chi connectivity index (χ1v) is 32.8. The second-order valence-corrected chi connectivity index (χ2v) is 24.2. The van der Waals surface area contributed by atoms with Crippen molar-refractivity contribution in [3.05, 3.63) is 266 Å². The van der Waals surface area contributed by atoms with E-state index >= 15 is 4.79 Å². The Bertz CT molecular complexity index is 4030. The van der Waals surface area contributed by atoms with E-state index < -0.39 is 17.5 Å². The van der Waals surface area contributed by atoms with Gasteiger partial charge in [0, 0.05) is 54.6 Å². The van der Waals surface area contributed by atoms with Crippen molar-refractivity contribution in [1.82, 2.24) is 19.3 Å². The van der Waals surface area contributed by atoms with Gasteiger partial charge in [-0.25, -0.2) is 4.79 Å². The van der Waals surface area contributed by atoms with Gasteiger partial charge < -0.3 is 24.8 Å². The Labute approximate surface area is 552 Å². The summed E-state index contributed by atoms with van der Waals surface area (Å²) in [4.78, 5) is 110. The third-order valence-electron chi connectivity index (χ3n) is 17.8. The molecule has 0 saturated heterocycles. The zero-order valence-corrected chi connectivity index (χ0v) is 53.0. The molecule has 0 saturated carbocycles. The number of hydrogen-bond donors (Lipinski definition) is 3. The molecule has 3 aliphatic heterocycles. The number of aliphatic hydroxyl groups is 1. The minimum Gasteiger partial charge on any atom is -0.493 e. The monoisotopic (exact) mass is 1270 g/mol. The van der Waals surface area contributed by atoms with Crippen molar-refractivity contribution >= 4 is 59.1 Å². The fourth-order valence-electron chi connectivity index (χ4n) is 12.8. The summed E-state index contributed by atoms with van der Waals surface area (Å²) in [5.74, 6) is 3.71. The SMILES string of the molecule is O=C(O)C=Cc1cc(C(=O)Nc2cc(CCCCCCN3C(=O)c4ccccc4C3=O)c(OCCCCCCCN3C(=O)c4ccccc4C3=O)c(CCCCCCN3C(=O)c4ccccc4C3=O)c2)n(Cc2ccccc2)c1C#CC(O)(c1ccccc1)c1ccccc1. The van der Waals surface area contributed by atoms with Crippen molar-refractivity contribution < 1.29 is 53.3 Å². The third-order valence-corrected chi connectivity index (χ3v) is 17.8. The maximum atomic E-state index is 15.3. The molecule has 8 aromatic rings. The predicted octanol–water partition coefficient (Wildman–Crippen LogP) is 13.6. The van der Waals surface area contributed by atoms with Gasteiger partial charge in [-0.2, -0.15) is 0 Å². The number of amides is 7.